The number of rotatable bonds is 9. The van der Waals surface area contributed by atoms with E-state index in [4.69, 9.17) is 4.74 Å². The molecule has 0 saturated heterocycles. The summed E-state index contributed by atoms with van der Waals surface area (Å²) in [5.74, 6) is -0.629. The fourth-order valence-corrected chi connectivity index (χ4v) is 3.78. The normalized spacial score (nSPS) is 14.9. The number of aryl methyl sites for hydroxylation is 2. The molecule has 0 aliphatic heterocycles. The molecule has 1 atom stereocenters. The smallest absolute Gasteiger partial charge is 0.306 e. The molecule has 0 aromatic carbocycles. The van der Waals surface area contributed by atoms with E-state index in [0.717, 1.165) is 41.4 Å². The number of nitrogens with zero attached hydrogens (tertiary/aromatic N) is 2. The van der Waals surface area contributed by atoms with E-state index in [1.165, 1.54) is 30.2 Å². The number of esters is 1. The fourth-order valence-electron chi connectivity index (χ4n) is 3.32. The first-order chi connectivity index (χ1) is 13.4. The Hall–Kier alpha value is -1.89. The zero-order valence-corrected chi connectivity index (χ0v) is 18.2. The predicted octanol–water partition coefficient (Wildman–Crippen LogP) is 3.69. The molecular weight excluding hydrogens is 374 g/mol. The first kappa shape index (κ1) is 22.4. The molecule has 1 heterocycles. The topological polar surface area (TPSA) is 81.2 Å². The summed E-state index contributed by atoms with van der Waals surface area (Å²) in [6.45, 7) is 6.05. The number of carbonyl (C=O) groups excluding carboxylic acids is 2. The minimum Gasteiger partial charge on any atom is -0.453 e. The highest BCUT2D eigenvalue weighted by molar-refractivity contribution is 7.98. The molecule has 1 aromatic rings. The van der Waals surface area contributed by atoms with Crippen molar-refractivity contribution in [2.45, 2.75) is 77.0 Å². The average molecular weight is 406 g/mol. The van der Waals surface area contributed by atoms with Crippen molar-refractivity contribution in [1.82, 2.24) is 15.3 Å². The first-order valence-electron chi connectivity index (χ1n) is 9.94. The van der Waals surface area contributed by atoms with Gasteiger partial charge in [0.2, 0.25) is 0 Å². The van der Waals surface area contributed by atoms with Gasteiger partial charge >= 0.3 is 5.97 Å². The summed E-state index contributed by atoms with van der Waals surface area (Å²) < 4.78 is 5.29. The Morgan fingerprint density at radius 2 is 1.93 bits per heavy atom. The number of allylic oxidation sites excluding steroid dienone is 1. The van der Waals surface area contributed by atoms with Crippen molar-refractivity contribution in [2.75, 3.05) is 12.8 Å². The van der Waals surface area contributed by atoms with Crippen molar-refractivity contribution in [1.29, 1.82) is 0 Å². The number of hydrogen-bond donors (Lipinski definition) is 1. The summed E-state index contributed by atoms with van der Waals surface area (Å²) >= 11 is 1.50. The van der Waals surface area contributed by atoms with Gasteiger partial charge in [-0.2, -0.15) is 0 Å². The van der Waals surface area contributed by atoms with Crippen LogP contribution in [0.2, 0.25) is 0 Å². The van der Waals surface area contributed by atoms with Crippen molar-refractivity contribution in [3.05, 3.63) is 28.6 Å². The summed E-state index contributed by atoms with van der Waals surface area (Å²) in [5.41, 5.74) is 4.14. The van der Waals surface area contributed by atoms with Gasteiger partial charge in [0.15, 0.2) is 11.3 Å². The van der Waals surface area contributed by atoms with Gasteiger partial charge in [-0.3, -0.25) is 9.59 Å². The summed E-state index contributed by atoms with van der Waals surface area (Å²) in [7, 11) is 0. The lowest BCUT2D eigenvalue weighted by molar-refractivity contribution is -0.154. The van der Waals surface area contributed by atoms with Gasteiger partial charge < -0.3 is 10.1 Å². The molecule has 2 rings (SSSR count). The second-order valence-electron chi connectivity index (χ2n) is 7.14. The van der Waals surface area contributed by atoms with E-state index in [0.29, 0.717) is 13.0 Å². The maximum atomic E-state index is 12.1. The van der Waals surface area contributed by atoms with Crippen LogP contribution in [0.15, 0.2) is 16.8 Å². The van der Waals surface area contributed by atoms with Crippen LogP contribution in [0.5, 0.6) is 0 Å². The lowest BCUT2D eigenvalue weighted by Crippen LogP contribution is -2.36. The van der Waals surface area contributed by atoms with Gasteiger partial charge in [-0.1, -0.05) is 23.4 Å². The van der Waals surface area contributed by atoms with Gasteiger partial charge in [-0.15, -0.1) is 0 Å². The molecular formula is C21H31N3O3S. The summed E-state index contributed by atoms with van der Waals surface area (Å²) in [6.07, 6.45) is 9.77. The standard InChI is InChI=1S/C21H31N3O3S/c1-14-18(15(2)24-21(23-14)28-4)10-11-19(25)27-16(3)20(26)22-13-12-17-8-6-5-7-9-17/h8,16H,5-7,9-13H2,1-4H3,(H,22,26)/t16-/m0/s1. The molecule has 0 fully saturated rings. The Morgan fingerprint density at radius 1 is 1.21 bits per heavy atom. The lowest BCUT2D eigenvalue weighted by Gasteiger charge is -2.16. The van der Waals surface area contributed by atoms with E-state index < -0.39 is 6.10 Å². The maximum Gasteiger partial charge on any atom is 0.306 e. The van der Waals surface area contributed by atoms with Gasteiger partial charge in [-0.25, -0.2) is 9.97 Å². The predicted molar refractivity (Wildman–Crippen MR) is 111 cm³/mol. The number of thioether (sulfide) groups is 1. The van der Waals surface area contributed by atoms with Gasteiger partial charge in [0.25, 0.3) is 5.91 Å². The third-order valence-corrected chi connectivity index (χ3v) is 5.52. The van der Waals surface area contributed by atoms with Crippen molar-refractivity contribution in [2.24, 2.45) is 0 Å². The Kier molecular flexibility index (Phi) is 8.96. The molecule has 7 heteroatoms. The number of amides is 1. The van der Waals surface area contributed by atoms with Crippen LogP contribution < -0.4 is 5.32 Å². The summed E-state index contributed by atoms with van der Waals surface area (Å²) in [6, 6.07) is 0. The third-order valence-electron chi connectivity index (χ3n) is 4.97. The highest BCUT2D eigenvalue weighted by atomic mass is 32.2. The Balaban J connectivity index is 1.74. The second-order valence-corrected chi connectivity index (χ2v) is 7.91. The van der Waals surface area contributed by atoms with Crippen LogP contribution in [0.3, 0.4) is 0 Å². The highest BCUT2D eigenvalue weighted by Crippen LogP contribution is 2.19. The molecule has 0 bridgehead atoms. The Bertz CT molecular complexity index is 711. The van der Waals surface area contributed by atoms with Gasteiger partial charge in [0, 0.05) is 24.4 Å². The number of ether oxygens (including phenoxy) is 1. The van der Waals surface area contributed by atoms with Crippen LogP contribution in [-0.2, 0) is 20.7 Å². The third kappa shape index (κ3) is 6.93. The van der Waals surface area contributed by atoms with E-state index >= 15 is 0 Å². The minimum atomic E-state index is -0.787. The number of carbonyl (C=O) groups is 2. The molecule has 0 spiro atoms. The van der Waals surface area contributed by atoms with E-state index in [9.17, 15) is 9.59 Å². The molecule has 0 saturated carbocycles. The van der Waals surface area contributed by atoms with Crippen molar-refractivity contribution in [3.8, 4) is 0 Å². The lowest BCUT2D eigenvalue weighted by atomic mass is 9.97. The zero-order valence-electron chi connectivity index (χ0n) is 17.3. The van der Waals surface area contributed by atoms with E-state index in [1.807, 2.05) is 20.1 Å². The monoisotopic (exact) mass is 405 g/mol. The van der Waals surface area contributed by atoms with Crippen LogP contribution in [-0.4, -0.2) is 40.7 Å². The molecule has 28 heavy (non-hydrogen) atoms. The van der Waals surface area contributed by atoms with Crippen LogP contribution in [0.4, 0.5) is 0 Å². The van der Waals surface area contributed by atoms with Crippen molar-refractivity contribution in [3.63, 3.8) is 0 Å². The quantitative estimate of drug-likeness (QED) is 0.292. The Labute approximate surface area is 171 Å². The number of hydrogen-bond acceptors (Lipinski definition) is 6. The summed E-state index contributed by atoms with van der Waals surface area (Å²) in [4.78, 5) is 33.1. The number of aromatic nitrogens is 2. The van der Waals surface area contributed by atoms with Gasteiger partial charge in [0.05, 0.1) is 0 Å². The first-order valence-corrected chi connectivity index (χ1v) is 11.2. The summed E-state index contributed by atoms with van der Waals surface area (Å²) in [5, 5.41) is 3.59. The molecule has 1 aliphatic carbocycles. The molecule has 6 nitrogen and oxygen atoms in total. The van der Waals surface area contributed by atoms with E-state index in [-0.39, 0.29) is 18.3 Å². The Morgan fingerprint density at radius 3 is 2.54 bits per heavy atom. The molecule has 154 valence electrons. The molecule has 1 aromatic heterocycles. The highest BCUT2D eigenvalue weighted by Gasteiger charge is 2.18. The SMILES string of the molecule is CSc1nc(C)c(CCC(=O)O[C@@H](C)C(=O)NCCC2=CCCCC2)c(C)n1. The molecule has 0 unspecified atom stereocenters. The second kappa shape index (κ2) is 11.2. The fraction of sp³-hybridized carbons (Fsp3) is 0.619. The largest absolute Gasteiger partial charge is 0.453 e. The van der Waals surface area contributed by atoms with Crippen LogP contribution in [0.25, 0.3) is 0 Å². The average Bonchev–Trinajstić information content (AvgIpc) is 2.67. The van der Waals surface area contributed by atoms with Crippen LogP contribution in [0, 0.1) is 13.8 Å². The molecule has 0 radical (unpaired) electrons. The minimum absolute atomic E-state index is 0.203. The maximum absolute atomic E-state index is 12.1. The van der Waals surface area contributed by atoms with Crippen molar-refractivity contribution < 1.29 is 14.3 Å². The van der Waals surface area contributed by atoms with Crippen LogP contribution >= 0.6 is 11.8 Å². The molecule has 1 N–H and O–H groups in total. The van der Waals surface area contributed by atoms with Gasteiger partial charge in [0.1, 0.15) is 0 Å². The van der Waals surface area contributed by atoms with E-state index in [1.54, 1.807) is 6.92 Å². The van der Waals surface area contributed by atoms with E-state index in [2.05, 4.69) is 21.4 Å². The zero-order chi connectivity index (χ0) is 20.5. The molecule has 1 amide bonds. The molecule has 1 aliphatic rings. The van der Waals surface area contributed by atoms with Crippen molar-refractivity contribution >= 4 is 23.6 Å². The number of nitrogens with one attached hydrogen (secondary N) is 1. The van der Waals surface area contributed by atoms with Crippen LogP contribution in [0.1, 0.15) is 62.4 Å². The van der Waals surface area contributed by atoms with Gasteiger partial charge in [-0.05, 0) is 71.1 Å².